The molecule has 0 fully saturated rings. The van der Waals surface area contributed by atoms with Crippen LogP contribution < -0.4 is 10.2 Å². The lowest BCUT2D eigenvalue weighted by Crippen LogP contribution is -2.47. The molecule has 3 aromatic carbocycles. The molecule has 0 saturated carbocycles. The molecule has 0 saturated heterocycles. The second kappa shape index (κ2) is 11.1. The molecule has 35 heavy (non-hydrogen) atoms. The molecule has 1 atom stereocenters. The number of thioether (sulfide) groups is 1. The van der Waals surface area contributed by atoms with Crippen LogP contribution in [0.5, 0.6) is 0 Å². The van der Waals surface area contributed by atoms with Gasteiger partial charge in [0.1, 0.15) is 5.92 Å². The first kappa shape index (κ1) is 24.4. The molecule has 3 aromatic rings. The number of amidine groups is 1. The molecule has 0 spiro atoms. The molecule has 0 aromatic heterocycles. The molecular weight excluding hydrogens is 458 g/mol. The van der Waals surface area contributed by atoms with Crippen LogP contribution in [0.15, 0.2) is 89.9 Å². The normalized spacial score (nSPS) is 15.8. The highest BCUT2D eigenvalue weighted by Crippen LogP contribution is 2.30. The standard InChI is InChI=1S/C28H27N3O3S/c1-3-22-26(33)30-28(31(27(22)34)23-17-11-10-12-19(23)2)35-18-24(32)29-25(20-13-6-4-7-14-20)21-15-8-5-9-16-21/h4-17,22,25H,3,18H2,1-2H3,(H,29,32). The van der Waals surface area contributed by atoms with Gasteiger partial charge in [-0.1, -0.05) is 97.5 Å². The smallest absolute Gasteiger partial charge is 0.260 e. The minimum atomic E-state index is -0.812. The van der Waals surface area contributed by atoms with E-state index < -0.39 is 11.8 Å². The number of hydrogen-bond donors (Lipinski definition) is 1. The summed E-state index contributed by atoms with van der Waals surface area (Å²) in [6.07, 6.45) is 0.373. The van der Waals surface area contributed by atoms with Gasteiger partial charge in [-0.15, -0.1) is 0 Å². The monoisotopic (exact) mass is 485 g/mol. The minimum Gasteiger partial charge on any atom is -0.344 e. The first-order valence-electron chi connectivity index (χ1n) is 11.5. The summed E-state index contributed by atoms with van der Waals surface area (Å²) in [5.41, 5.74) is 3.48. The van der Waals surface area contributed by atoms with Gasteiger partial charge in [0.2, 0.25) is 11.8 Å². The van der Waals surface area contributed by atoms with E-state index >= 15 is 0 Å². The number of nitrogens with zero attached hydrogens (tertiary/aromatic N) is 2. The Morgan fingerprint density at radius 3 is 2.09 bits per heavy atom. The van der Waals surface area contributed by atoms with Crippen molar-refractivity contribution in [3.05, 3.63) is 102 Å². The van der Waals surface area contributed by atoms with Gasteiger partial charge in [0.05, 0.1) is 17.5 Å². The molecule has 1 unspecified atom stereocenters. The third-order valence-electron chi connectivity index (χ3n) is 5.88. The zero-order valence-corrected chi connectivity index (χ0v) is 20.5. The van der Waals surface area contributed by atoms with Crippen molar-refractivity contribution in [1.29, 1.82) is 0 Å². The number of aryl methyl sites for hydroxylation is 1. The molecule has 3 amide bonds. The van der Waals surface area contributed by atoms with Crippen molar-refractivity contribution >= 4 is 40.3 Å². The highest BCUT2D eigenvalue weighted by molar-refractivity contribution is 8.14. The Kier molecular flexibility index (Phi) is 7.77. The molecule has 6 nitrogen and oxygen atoms in total. The van der Waals surface area contributed by atoms with Crippen LogP contribution in [0, 0.1) is 12.8 Å². The number of anilines is 1. The number of para-hydroxylation sites is 1. The molecule has 7 heteroatoms. The van der Waals surface area contributed by atoms with Crippen molar-refractivity contribution in [2.45, 2.75) is 26.3 Å². The number of amides is 3. The first-order valence-corrected chi connectivity index (χ1v) is 12.5. The number of rotatable bonds is 7. The fourth-order valence-corrected chi connectivity index (χ4v) is 4.86. The number of carbonyl (C=O) groups is 3. The highest BCUT2D eigenvalue weighted by atomic mass is 32.2. The van der Waals surface area contributed by atoms with Crippen LogP contribution >= 0.6 is 11.8 Å². The van der Waals surface area contributed by atoms with Crippen molar-refractivity contribution < 1.29 is 14.4 Å². The molecule has 1 aliphatic heterocycles. The van der Waals surface area contributed by atoms with Crippen LogP contribution in [-0.4, -0.2) is 28.6 Å². The van der Waals surface area contributed by atoms with Crippen molar-refractivity contribution in [2.75, 3.05) is 10.7 Å². The fourth-order valence-electron chi connectivity index (χ4n) is 4.04. The van der Waals surface area contributed by atoms with Gasteiger partial charge < -0.3 is 5.32 Å². The van der Waals surface area contributed by atoms with E-state index in [2.05, 4.69) is 10.3 Å². The molecular formula is C28H27N3O3S. The molecule has 4 rings (SSSR count). The van der Waals surface area contributed by atoms with Crippen LogP contribution in [-0.2, 0) is 14.4 Å². The van der Waals surface area contributed by atoms with Gasteiger partial charge in [-0.2, -0.15) is 4.99 Å². The van der Waals surface area contributed by atoms with Crippen LogP contribution in [0.2, 0.25) is 0 Å². The Hall–Kier alpha value is -3.71. The zero-order chi connectivity index (χ0) is 24.8. The van der Waals surface area contributed by atoms with E-state index in [1.165, 1.54) is 4.90 Å². The maximum Gasteiger partial charge on any atom is 0.260 e. The van der Waals surface area contributed by atoms with Crippen LogP contribution in [0.1, 0.15) is 36.1 Å². The highest BCUT2D eigenvalue weighted by Gasteiger charge is 2.38. The van der Waals surface area contributed by atoms with Crippen LogP contribution in [0.25, 0.3) is 0 Å². The van der Waals surface area contributed by atoms with Gasteiger partial charge in [-0.3, -0.25) is 19.3 Å². The zero-order valence-electron chi connectivity index (χ0n) is 19.7. The van der Waals surface area contributed by atoms with Crippen molar-refractivity contribution in [2.24, 2.45) is 10.9 Å². The van der Waals surface area contributed by atoms with Crippen molar-refractivity contribution in [3.63, 3.8) is 0 Å². The minimum absolute atomic E-state index is 0.00866. The van der Waals surface area contributed by atoms with Crippen molar-refractivity contribution in [3.8, 4) is 0 Å². The summed E-state index contributed by atoms with van der Waals surface area (Å²) in [4.78, 5) is 44.5. The number of benzene rings is 3. The van der Waals surface area contributed by atoms with E-state index in [1.807, 2.05) is 91.9 Å². The maximum atomic E-state index is 13.2. The molecule has 0 radical (unpaired) electrons. The Bertz CT molecular complexity index is 1210. The molecule has 0 bridgehead atoms. The van der Waals surface area contributed by atoms with E-state index in [1.54, 1.807) is 6.92 Å². The average Bonchev–Trinajstić information content (AvgIpc) is 2.88. The Balaban J connectivity index is 1.55. The second-order valence-electron chi connectivity index (χ2n) is 8.26. The summed E-state index contributed by atoms with van der Waals surface area (Å²) in [5, 5.41) is 3.32. The van der Waals surface area contributed by atoms with Gasteiger partial charge >= 0.3 is 0 Å². The van der Waals surface area contributed by atoms with E-state index in [0.717, 1.165) is 28.5 Å². The molecule has 0 aliphatic carbocycles. The third-order valence-corrected chi connectivity index (χ3v) is 6.82. The third kappa shape index (κ3) is 5.52. The lowest BCUT2D eigenvalue weighted by atomic mass is 9.99. The summed E-state index contributed by atoms with van der Waals surface area (Å²) in [6, 6.07) is 26.6. The van der Waals surface area contributed by atoms with Gasteiger partial charge in [0, 0.05) is 0 Å². The van der Waals surface area contributed by atoms with E-state index in [-0.39, 0.29) is 28.8 Å². The average molecular weight is 486 g/mol. The lowest BCUT2D eigenvalue weighted by Gasteiger charge is -2.31. The second-order valence-corrected chi connectivity index (χ2v) is 9.21. The summed E-state index contributed by atoms with van der Waals surface area (Å²) in [6.45, 7) is 3.70. The predicted molar refractivity (Wildman–Crippen MR) is 140 cm³/mol. The summed E-state index contributed by atoms with van der Waals surface area (Å²) in [5.74, 6) is -1.80. The van der Waals surface area contributed by atoms with Gasteiger partial charge in [-0.25, -0.2) is 0 Å². The number of carbonyl (C=O) groups excluding carboxylic acids is 3. The molecule has 1 heterocycles. The Labute approximate surface area is 209 Å². The topological polar surface area (TPSA) is 78.8 Å². The number of hydrogen-bond acceptors (Lipinski definition) is 4. The van der Waals surface area contributed by atoms with E-state index in [0.29, 0.717) is 12.1 Å². The summed E-state index contributed by atoms with van der Waals surface area (Å²) >= 11 is 1.09. The number of aliphatic imine (C=N–C) groups is 1. The fraction of sp³-hybridized carbons (Fsp3) is 0.214. The lowest BCUT2D eigenvalue weighted by molar-refractivity contribution is -0.132. The SMILES string of the molecule is CCC1C(=O)N=C(SCC(=O)NC(c2ccccc2)c2ccccc2)N(c2ccccc2C)C1=O. The van der Waals surface area contributed by atoms with E-state index in [4.69, 9.17) is 0 Å². The van der Waals surface area contributed by atoms with Crippen LogP contribution in [0.3, 0.4) is 0 Å². The van der Waals surface area contributed by atoms with Crippen LogP contribution in [0.4, 0.5) is 5.69 Å². The Morgan fingerprint density at radius 2 is 1.51 bits per heavy atom. The molecule has 1 N–H and O–H groups in total. The predicted octanol–water partition coefficient (Wildman–Crippen LogP) is 4.89. The molecule has 178 valence electrons. The molecule has 1 aliphatic rings. The summed E-state index contributed by atoms with van der Waals surface area (Å²) in [7, 11) is 0. The van der Waals surface area contributed by atoms with Gasteiger partial charge in [0.25, 0.3) is 5.91 Å². The Morgan fingerprint density at radius 1 is 0.943 bits per heavy atom. The first-order chi connectivity index (χ1) is 17.0. The maximum absolute atomic E-state index is 13.2. The summed E-state index contributed by atoms with van der Waals surface area (Å²) < 4.78 is 0. The van der Waals surface area contributed by atoms with Gasteiger partial charge in [0.15, 0.2) is 5.17 Å². The van der Waals surface area contributed by atoms with E-state index in [9.17, 15) is 14.4 Å². The van der Waals surface area contributed by atoms with Gasteiger partial charge in [-0.05, 0) is 36.1 Å². The number of nitrogens with one attached hydrogen (secondary N) is 1. The largest absolute Gasteiger partial charge is 0.344 e. The van der Waals surface area contributed by atoms with Crippen molar-refractivity contribution in [1.82, 2.24) is 5.32 Å². The quantitative estimate of drug-likeness (QED) is 0.484.